The Labute approximate surface area is 61.3 Å². The maximum atomic E-state index is 8.07. The van der Waals surface area contributed by atoms with Crippen LogP contribution in [-0.4, -0.2) is 32.3 Å². The van der Waals surface area contributed by atoms with Crippen LogP contribution in [0.2, 0.25) is 0 Å². The minimum absolute atomic E-state index is 0.344. The average molecular weight is 134 g/mol. The second-order valence-corrected chi connectivity index (χ2v) is 1.08. The van der Waals surface area contributed by atoms with Crippen LogP contribution in [0.25, 0.3) is 0 Å². The molecule has 7 radical (unpaired) electrons. The van der Waals surface area contributed by atoms with Gasteiger partial charge in [0.2, 0.25) is 0 Å². The van der Waals surface area contributed by atoms with Gasteiger partial charge in [-0.3, -0.25) is 0 Å². The third-order valence-electron chi connectivity index (χ3n) is 0.512. The Balaban J connectivity index is 0. The van der Waals surface area contributed by atoms with Gasteiger partial charge in [-0.25, -0.2) is 0 Å². The van der Waals surface area contributed by atoms with Crippen LogP contribution in [-0.2, 0) is 0 Å². The molecule has 0 saturated heterocycles. The highest BCUT2D eigenvalue weighted by Crippen LogP contribution is 1.78. The SMILES string of the molecule is CCCCO.[Mg+2][Cl]. The summed E-state index contributed by atoms with van der Waals surface area (Å²) in [5.74, 6) is 0. The zero-order chi connectivity index (χ0) is 6.12. The number of hydrogen-bond donors (Lipinski definition) is 1. The fourth-order valence-electron chi connectivity index (χ4n) is 0.158. The van der Waals surface area contributed by atoms with E-state index in [-0.39, 0.29) is 0 Å². The first-order valence-electron chi connectivity index (χ1n) is 2.29. The number of rotatable bonds is 2. The van der Waals surface area contributed by atoms with Gasteiger partial charge < -0.3 is 5.11 Å². The Morgan fingerprint density at radius 1 is 1.57 bits per heavy atom. The van der Waals surface area contributed by atoms with E-state index in [0.717, 1.165) is 12.8 Å². The largest absolute Gasteiger partial charge is 1.59 e. The van der Waals surface area contributed by atoms with E-state index in [2.05, 4.69) is 16.0 Å². The highest BCUT2D eigenvalue weighted by atomic mass is 35.5. The van der Waals surface area contributed by atoms with Crippen LogP contribution in [0.4, 0.5) is 0 Å². The summed E-state index contributed by atoms with van der Waals surface area (Å²) >= 11 is 1.33. The normalized spacial score (nSPS) is 6.86. The molecule has 0 fully saturated rings. The summed E-state index contributed by atoms with van der Waals surface area (Å²) in [6, 6.07) is 0. The van der Waals surface area contributed by atoms with Crippen molar-refractivity contribution in [3.8, 4) is 0 Å². The summed E-state index contributed by atoms with van der Waals surface area (Å²) in [6.45, 7) is 2.40. The first-order valence-corrected chi connectivity index (χ1v) is 4.43. The van der Waals surface area contributed by atoms with Crippen molar-refractivity contribution in [1.82, 2.24) is 0 Å². The van der Waals surface area contributed by atoms with E-state index in [4.69, 9.17) is 5.11 Å². The topological polar surface area (TPSA) is 20.2 Å². The van der Waals surface area contributed by atoms with Gasteiger partial charge in [0.25, 0.3) is 0 Å². The van der Waals surface area contributed by atoms with Gasteiger partial charge in [0.1, 0.15) is 0 Å². The molecule has 39 valence electrons. The molecule has 1 N–H and O–H groups in total. The van der Waals surface area contributed by atoms with E-state index in [0.29, 0.717) is 6.61 Å². The maximum Gasteiger partial charge on any atom is 1.59 e. The molecule has 0 atom stereocenters. The van der Waals surface area contributed by atoms with Gasteiger partial charge in [0, 0.05) is 6.61 Å². The van der Waals surface area contributed by atoms with Gasteiger partial charge >= 0.3 is 29.7 Å². The molecule has 0 aromatic heterocycles. The fourth-order valence-corrected chi connectivity index (χ4v) is 0.158. The molecule has 0 rings (SSSR count). The Kier molecular flexibility index (Phi) is 24.5. The monoisotopic (exact) mass is 133 g/mol. The summed E-state index contributed by atoms with van der Waals surface area (Å²) in [7, 11) is 4.67. The molecule has 3 heteroatoms. The lowest BCUT2D eigenvalue weighted by atomic mass is 10.4. The van der Waals surface area contributed by atoms with E-state index in [1.54, 1.807) is 0 Å². The van der Waals surface area contributed by atoms with Crippen molar-refractivity contribution in [2.24, 2.45) is 0 Å². The summed E-state index contributed by atoms with van der Waals surface area (Å²) in [6.07, 6.45) is 2.04. The van der Waals surface area contributed by atoms with Crippen molar-refractivity contribution >= 4 is 29.7 Å². The number of aliphatic hydroxyl groups is 1. The van der Waals surface area contributed by atoms with E-state index < -0.39 is 0 Å². The smallest absolute Gasteiger partial charge is 0.396 e. The minimum atomic E-state index is 0.344. The van der Waals surface area contributed by atoms with Gasteiger partial charge in [-0.15, -0.1) is 0 Å². The molecule has 0 aliphatic heterocycles. The Morgan fingerprint density at radius 2 is 2.00 bits per heavy atom. The van der Waals surface area contributed by atoms with Crippen molar-refractivity contribution in [2.75, 3.05) is 6.61 Å². The van der Waals surface area contributed by atoms with E-state index >= 15 is 0 Å². The Hall–Kier alpha value is 1.02. The zero-order valence-electron chi connectivity index (χ0n) is 4.65. The van der Waals surface area contributed by atoms with Gasteiger partial charge in [-0.1, -0.05) is 13.3 Å². The quantitative estimate of drug-likeness (QED) is 0.560. The lowest BCUT2D eigenvalue weighted by Gasteiger charge is -1.79. The molecular formula is C4H10ClMgO+2. The molecule has 0 unspecified atom stereocenters. The second-order valence-electron chi connectivity index (χ2n) is 1.08. The minimum Gasteiger partial charge on any atom is -0.396 e. The fraction of sp³-hybridized carbons (Fsp3) is 1.00. The van der Waals surface area contributed by atoms with Crippen molar-refractivity contribution in [1.29, 1.82) is 0 Å². The van der Waals surface area contributed by atoms with Crippen molar-refractivity contribution in [3.63, 3.8) is 0 Å². The molecule has 0 heterocycles. The summed E-state index contributed by atoms with van der Waals surface area (Å²) in [5.41, 5.74) is 0. The molecule has 0 spiro atoms. The highest BCUT2D eigenvalue weighted by Gasteiger charge is 2.16. The lowest BCUT2D eigenvalue weighted by Crippen LogP contribution is -1.75. The van der Waals surface area contributed by atoms with Crippen molar-refractivity contribution < 1.29 is 5.11 Å². The number of halogens is 1. The number of aliphatic hydroxyl groups excluding tert-OH is 1. The van der Waals surface area contributed by atoms with E-state index in [9.17, 15) is 0 Å². The standard InChI is InChI=1S/C4H10O.ClH.Mg/c1-2-3-4-5;;/h5H,2-4H2,1H3;1H;/q;;+3/p-1. The molecular weight excluding hydrogens is 124 g/mol. The average Bonchev–Trinajstić information content (AvgIpc) is 1.75. The molecule has 0 aliphatic carbocycles. The van der Waals surface area contributed by atoms with Crippen LogP contribution >= 0.6 is 9.07 Å². The van der Waals surface area contributed by atoms with Crippen LogP contribution < -0.4 is 0 Å². The highest BCUT2D eigenvalue weighted by molar-refractivity contribution is 6.80. The zero-order valence-corrected chi connectivity index (χ0v) is 6.82. The van der Waals surface area contributed by atoms with Crippen LogP contribution in [0.1, 0.15) is 19.8 Å². The molecule has 0 aromatic carbocycles. The Morgan fingerprint density at radius 3 is 2.00 bits per heavy atom. The third kappa shape index (κ3) is 19.4. The second kappa shape index (κ2) is 15.7. The van der Waals surface area contributed by atoms with E-state index in [1.165, 1.54) is 20.6 Å². The molecule has 0 saturated carbocycles. The molecule has 0 amide bonds. The predicted octanol–water partition coefficient (Wildman–Crippen LogP) is 1.09. The number of unbranched alkanes of at least 4 members (excludes halogenated alkanes) is 1. The van der Waals surface area contributed by atoms with Crippen molar-refractivity contribution in [3.05, 3.63) is 0 Å². The summed E-state index contributed by atoms with van der Waals surface area (Å²) in [4.78, 5) is 0. The molecule has 7 heavy (non-hydrogen) atoms. The van der Waals surface area contributed by atoms with Crippen LogP contribution in [0.15, 0.2) is 0 Å². The summed E-state index contributed by atoms with van der Waals surface area (Å²) in [5, 5.41) is 8.07. The first-order chi connectivity index (χ1) is 3.41. The van der Waals surface area contributed by atoms with Gasteiger partial charge in [-0.05, 0) is 6.42 Å². The van der Waals surface area contributed by atoms with Crippen molar-refractivity contribution in [2.45, 2.75) is 19.8 Å². The molecule has 0 aromatic rings. The summed E-state index contributed by atoms with van der Waals surface area (Å²) < 4.78 is 0. The number of hydrogen-bond acceptors (Lipinski definition) is 1. The van der Waals surface area contributed by atoms with E-state index in [1.807, 2.05) is 0 Å². The maximum absolute atomic E-state index is 8.07. The molecule has 0 aliphatic rings. The van der Waals surface area contributed by atoms with Gasteiger partial charge in [0.15, 0.2) is 0 Å². The van der Waals surface area contributed by atoms with Crippen LogP contribution in [0, 0.1) is 0 Å². The Bertz CT molecular complexity index is 19.2. The third-order valence-corrected chi connectivity index (χ3v) is 0.512. The van der Waals surface area contributed by atoms with Gasteiger partial charge in [-0.2, -0.15) is 0 Å². The van der Waals surface area contributed by atoms with Gasteiger partial charge in [0.05, 0.1) is 0 Å². The molecule has 0 bridgehead atoms. The van der Waals surface area contributed by atoms with Crippen LogP contribution in [0.5, 0.6) is 0 Å². The van der Waals surface area contributed by atoms with Crippen LogP contribution in [0.3, 0.4) is 0 Å². The predicted molar refractivity (Wildman–Crippen MR) is 33.6 cm³/mol. The first kappa shape index (κ1) is 10.9. The molecule has 1 nitrogen and oxygen atoms in total. The lowest BCUT2D eigenvalue weighted by molar-refractivity contribution is 0.287.